The maximum absolute atomic E-state index is 12.8. The normalized spacial score (nSPS) is 11.8. The first-order valence-corrected chi connectivity index (χ1v) is 8.89. The van der Waals surface area contributed by atoms with Crippen LogP contribution in [0.4, 0.5) is 0 Å². The van der Waals surface area contributed by atoms with E-state index in [0.29, 0.717) is 5.56 Å². The Labute approximate surface area is 163 Å². The number of hydrogen-bond acceptors (Lipinski definition) is 4. The summed E-state index contributed by atoms with van der Waals surface area (Å²) in [5.74, 6) is -1.35. The predicted molar refractivity (Wildman–Crippen MR) is 104 cm³/mol. The first-order valence-electron chi connectivity index (χ1n) is 8.89. The van der Waals surface area contributed by atoms with Gasteiger partial charge in [-0.1, -0.05) is 34.5 Å². The zero-order valence-electron chi connectivity index (χ0n) is 16.0. The number of carbonyl (C=O) groups excluding carboxylic acids is 1. The Bertz CT molecular complexity index is 961. The third kappa shape index (κ3) is 4.25. The lowest BCUT2D eigenvalue weighted by Gasteiger charge is -2.25. The van der Waals surface area contributed by atoms with Crippen LogP contribution in [-0.2, 0) is 11.2 Å². The summed E-state index contributed by atoms with van der Waals surface area (Å²) in [6.07, 6.45) is 3.52. The third-order valence-corrected chi connectivity index (χ3v) is 4.59. The third-order valence-electron chi connectivity index (χ3n) is 4.59. The van der Waals surface area contributed by atoms with Gasteiger partial charge in [-0.3, -0.25) is 4.79 Å². The molecule has 0 saturated heterocycles. The van der Waals surface area contributed by atoms with Crippen molar-refractivity contribution >= 4 is 11.9 Å². The molecule has 2 aromatic carbocycles. The highest BCUT2D eigenvalue weighted by Gasteiger charge is 2.27. The Morgan fingerprint density at radius 1 is 1.11 bits per heavy atom. The monoisotopic (exact) mass is 378 g/mol. The highest BCUT2D eigenvalue weighted by Crippen LogP contribution is 2.16. The second-order valence-corrected chi connectivity index (χ2v) is 6.86. The number of rotatable bonds is 6. The van der Waals surface area contributed by atoms with Gasteiger partial charge < -0.3 is 10.0 Å². The van der Waals surface area contributed by atoms with Crippen LogP contribution in [0.5, 0.6) is 0 Å². The molecule has 0 radical (unpaired) electrons. The molecule has 0 aliphatic heterocycles. The van der Waals surface area contributed by atoms with Crippen LogP contribution < -0.4 is 0 Å². The molecule has 1 aromatic heterocycles. The Balaban J connectivity index is 1.79. The standard InChI is InChI=1S/C21H22N4O3/c1-14-10-15(2)12-17(11-14)20(26)24(3)19(21(27)28)13-16-4-6-18(7-5-16)25-9-8-22-23-25/h4-12,19H,13H2,1-3H3,(H,27,28)/t19-/m0/s1. The number of carboxylic acids is 1. The lowest BCUT2D eigenvalue weighted by atomic mass is 10.0. The quantitative estimate of drug-likeness (QED) is 0.712. The number of carboxylic acid groups (broad SMARTS) is 1. The van der Waals surface area contributed by atoms with Crippen LogP contribution >= 0.6 is 0 Å². The summed E-state index contributed by atoms with van der Waals surface area (Å²) in [7, 11) is 1.53. The number of benzene rings is 2. The molecule has 3 aromatic rings. The van der Waals surface area contributed by atoms with Gasteiger partial charge in [0.2, 0.25) is 0 Å². The van der Waals surface area contributed by atoms with Gasteiger partial charge in [-0.15, -0.1) is 5.10 Å². The Hall–Kier alpha value is -3.48. The first-order chi connectivity index (χ1) is 13.3. The second kappa shape index (κ2) is 8.04. The fourth-order valence-corrected chi connectivity index (χ4v) is 3.19. The molecule has 0 spiro atoms. The molecule has 144 valence electrons. The molecule has 1 atom stereocenters. The van der Waals surface area contributed by atoms with E-state index in [-0.39, 0.29) is 12.3 Å². The van der Waals surface area contributed by atoms with Crippen LogP contribution in [0, 0.1) is 13.8 Å². The largest absolute Gasteiger partial charge is 0.480 e. The molecule has 7 nitrogen and oxygen atoms in total. The van der Waals surface area contributed by atoms with Crippen LogP contribution in [0.1, 0.15) is 27.0 Å². The minimum atomic E-state index is -1.04. The number of aryl methyl sites for hydroxylation is 2. The highest BCUT2D eigenvalue weighted by atomic mass is 16.4. The highest BCUT2D eigenvalue weighted by molar-refractivity contribution is 5.96. The molecular weight excluding hydrogens is 356 g/mol. The zero-order valence-corrected chi connectivity index (χ0v) is 16.0. The fraction of sp³-hybridized carbons (Fsp3) is 0.238. The van der Waals surface area contributed by atoms with Gasteiger partial charge in [-0.05, 0) is 43.7 Å². The molecule has 7 heteroatoms. The summed E-state index contributed by atoms with van der Waals surface area (Å²) >= 11 is 0. The van der Waals surface area contributed by atoms with E-state index in [1.807, 2.05) is 44.2 Å². The number of amides is 1. The van der Waals surface area contributed by atoms with Crippen LogP contribution in [0.15, 0.2) is 54.9 Å². The Kier molecular flexibility index (Phi) is 5.54. The van der Waals surface area contributed by atoms with E-state index in [4.69, 9.17) is 0 Å². The molecule has 28 heavy (non-hydrogen) atoms. The molecule has 3 rings (SSSR count). The van der Waals surface area contributed by atoms with Gasteiger partial charge in [0.05, 0.1) is 18.1 Å². The van der Waals surface area contributed by atoms with E-state index >= 15 is 0 Å². The maximum atomic E-state index is 12.8. The average Bonchev–Trinajstić information content (AvgIpc) is 3.19. The van der Waals surface area contributed by atoms with Gasteiger partial charge in [0, 0.05) is 19.0 Å². The van der Waals surface area contributed by atoms with Crippen molar-refractivity contribution in [3.05, 3.63) is 77.1 Å². The van der Waals surface area contributed by atoms with Gasteiger partial charge >= 0.3 is 5.97 Å². The minimum absolute atomic E-state index is 0.208. The number of aliphatic carboxylic acids is 1. The first kappa shape index (κ1) is 19.3. The van der Waals surface area contributed by atoms with Crippen LogP contribution in [-0.4, -0.2) is 50.0 Å². The summed E-state index contributed by atoms with van der Waals surface area (Å²) in [5, 5.41) is 17.4. The average molecular weight is 378 g/mol. The molecule has 0 aliphatic carbocycles. The van der Waals surface area contributed by atoms with E-state index in [2.05, 4.69) is 10.3 Å². The molecule has 1 N–H and O–H groups in total. The van der Waals surface area contributed by atoms with Crippen molar-refractivity contribution in [1.82, 2.24) is 19.9 Å². The van der Waals surface area contributed by atoms with E-state index in [1.54, 1.807) is 29.2 Å². The number of hydrogen-bond donors (Lipinski definition) is 1. The van der Waals surface area contributed by atoms with E-state index in [1.165, 1.54) is 11.9 Å². The number of nitrogens with zero attached hydrogens (tertiary/aromatic N) is 4. The lowest BCUT2D eigenvalue weighted by Crippen LogP contribution is -2.43. The minimum Gasteiger partial charge on any atom is -0.480 e. The van der Waals surface area contributed by atoms with Gasteiger partial charge in [0.1, 0.15) is 6.04 Å². The Morgan fingerprint density at radius 2 is 1.75 bits per heavy atom. The molecule has 1 heterocycles. The van der Waals surface area contributed by atoms with Crippen molar-refractivity contribution in [3.63, 3.8) is 0 Å². The topological polar surface area (TPSA) is 88.3 Å². The molecule has 0 bridgehead atoms. The summed E-state index contributed by atoms with van der Waals surface area (Å²) in [4.78, 5) is 26.0. The van der Waals surface area contributed by atoms with Crippen molar-refractivity contribution < 1.29 is 14.7 Å². The van der Waals surface area contributed by atoms with Crippen LogP contribution in [0.3, 0.4) is 0 Å². The van der Waals surface area contributed by atoms with E-state index < -0.39 is 12.0 Å². The van der Waals surface area contributed by atoms with Crippen molar-refractivity contribution in [1.29, 1.82) is 0 Å². The van der Waals surface area contributed by atoms with Crippen molar-refractivity contribution in [3.8, 4) is 5.69 Å². The molecule has 0 fully saturated rings. The summed E-state index contributed by atoms with van der Waals surface area (Å²) in [6.45, 7) is 3.82. The van der Waals surface area contributed by atoms with Crippen molar-refractivity contribution in [2.75, 3.05) is 7.05 Å². The summed E-state index contributed by atoms with van der Waals surface area (Å²) < 4.78 is 1.62. The zero-order chi connectivity index (χ0) is 20.3. The van der Waals surface area contributed by atoms with E-state index in [0.717, 1.165) is 22.4 Å². The van der Waals surface area contributed by atoms with Gasteiger partial charge in [0.25, 0.3) is 5.91 Å². The number of likely N-dealkylation sites (N-methyl/N-ethyl adjacent to an activating group) is 1. The van der Waals surface area contributed by atoms with Crippen LogP contribution in [0.25, 0.3) is 5.69 Å². The van der Waals surface area contributed by atoms with Crippen molar-refractivity contribution in [2.24, 2.45) is 0 Å². The van der Waals surface area contributed by atoms with Crippen molar-refractivity contribution in [2.45, 2.75) is 26.3 Å². The van der Waals surface area contributed by atoms with Gasteiger partial charge in [0.15, 0.2) is 0 Å². The predicted octanol–water partition coefficient (Wildman–Crippen LogP) is 2.65. The molecule has 0 saturated carbocycles. The number of aromatic nitrogens is 3. The van der Waals surface area contributed by atoms with Gasteiger partial charge in [-0.25, -0.2) is 9.48 Å². The SMILES string of the molecule is Cc1cc(C)cc(C(=O)N(C)[C@@H](Cc2ccc(-n3ccnn3)cc2)C(=O)O)c1. The maximum Gasteiger partial charge on any atom is 0.326 e. The molecule has 1 amide bonds. The second-order valence-electron chi connectivity index (χ2n) is 6.86. The number of carbonyl (C=O) groups is 2. The summed E-state index contributed by atoms with van der Waals surface area (Å²) in [6, 6.07) is 11.9. The van der Waals surface area contributed by atoms with Crippen LogP contribution in [0.2, 0.25) is 0 Å². The summed E-state index contributed by atoms with van der Waals surface area (Å²) in [5.41, 5.74) is 4.07. The van der Waals surface area contributed by atoms with E-state index in [9.17, 15) is 14.7 Å². The lowest BCUT2D eigenvalue weighted by molar-refractivity contribution is -0.141. The molecular formula is C21H22N4O3. The Morgan fingerprint density at radius 3 is 2.29 bits per heavy atom. The van der Waals surface area contributed by atoms with Gasteiger partial charge in [-0.2, -0.15) is 0 Å². The molecule has 0 unspecified atom stereocenters. The smallest absolute Gasteiger partial charge is 0.326 e. The molecule has 0 aliphatic rings. The fourth-order valence-electron chi connectivity index (χ4n) is 3.19.